The lowest BCUT2D eigenvalue weighted by atomic mass is 10.0. The zero-order valence-electron chi connectivity index (χ0n) is 11.5. The summed E-state index contributed by atoms with van der Waals surface area (Å²) < 4.78 is 50.6. The molecule has 0 spiro atoms. The van der Waals surface area contributed by atoms with Crippen molar-refractivity contribution >= 4 is 31.4 Å². The molecular weight excluding hydrogens is 312 g/mol. The molecule has 0 saturated carbocycles. The molecule has 0 radical (unpaired) electrons. The van der Waals surface area contributed by atoms with Gasteiger partial charge in [0.2, 0.25) is 20.0 Å². The molecule has 0 unspecified atom stereocenters. The van der Waals surface area contributed by atoms with Crippen molar-refractivity contribution in [3.8, 4) is 12.3 Å². The highest BCUT2D eigenvalue weighted by Gasteiger charge is 2.24. The maximum Gasteiger partial charge on any atom is 0.244 e. The van der Waals surface area contributed by atoms with Crippen molar-refractivity contribution in [1.82, 2.24) is 0 Å². The van der Waals surface area contributed by atoms with Gasteiger partial charge in [-0.15, -0.1) is 6.42 Å². The zero-order chi connectivity index (χ0) is 15.7. The lowest BCUT2D eigenvalue weighted by Crippen LogP contribution is -2.34. The number of hydrogen-bond donors (Lipinski definition) is 1. The van der Waals surface area contributed by atoms with Crippen LogP contribution in [0.15, 0.2) is 18.2 Å². The van der Waals surface area contributed by atoms with Crippen LogP contribution in [0.4, 0.5) is 11.4 Å². The van der Waals surface area contributed by atoms with E-state index >= 15 is 0 Å². The Labute approximate surface area is 125 Å². The Morgan fingerprint density at radius 3 is 2.67 bits per heavy atom. The number of rotatable bonds is 4. The summed E-state index contributed by atoms with van der Waals surface area (Å²) in [5, 5.41) is 0. The molecule has 0 saturated heterocycles. The molecule has 1 N–H and O–H groups in total. The third kappa shape index (κ3) is 3.68. The van der Waals surface area contributed by atoms with Gasteiger partial charge in [0.1, 0.15) is 5.75 Å². The lowest BCUT2D eigenvalue weighted by Gasteiger charge is -2.29. The Morgan fingerprint density at radius 2 is 2.05 bits per heavy atom. The van der Waals surface area contributed by atoms with Crippen LogP contribution in [0, 0.1) is 12.3 Å². The van der Waals surface area contributed by atoms with Crippen LogP contribution in [0.3, 0.4) is 0 Å². The fourth-order valence-corrected chi connectivity index (χ4v) is 4.04. The van der Waals surface area contributed by atoms with Crippen molar-refractivity contribution in [3.63, 3.8) is 0 Å². The largest absolute Gasteiger partial charge is 0.283 e. The molecule has 6 nitrogen and oxygen atoms in total. The van der Waals surface area contributed by atoms with E-state index in [-0.39, 0.29) is 0 Å². The predicted molar refractivity (Wildman–Crippen MR) is 83.2 cm³/mol. The number of hydrogen-bond acceptors (Lipinski definition) is 4. The summed E-state index contributed by atoms with van der Waals surface area (Å²) in [7, 11) is -7.00. The smallest absolute Gasteiger partial charge is 0.244 e. The van der Waals surface area contributed by atoms with E-state index in [0.717, 1.165) is 24.7 Å². The average molecular weight is 328 g/mol. The number of benzene rings is 1. The van der Waals surface area contributed by atoms with Crippen molar-refractivity contribution in [3.05, 3.63) is 23.8 Å². The van der Waals surface area contributed by atoms with Gasteiger partial charge in [0.15, 0.2) is 0 Å². The third-order valence-electron chi connectivity index (χ3n) is 3.11. The number of nitrogens with zero attached hydrogens (tertiary/aromatic N) is 1. The van der Waals surface area contributed by atoms with Crippen LogP contribution in [0.25, 0.3) is 0 Å². The summed E-state index contributed by atoms with van der Waals surface area (Å²) in [5.74, 6) is 1.64. The highest BCUT2D eigenvalue weighted by atomic mass is 32.2. The average Bonchev–Trinajstić information content (AvgIpc) is 2.36. The van der Waals surface area contributed by atoms with Gasteiger partial charge in [-0.05, 0) is 30.5 Å². The van der Waals surface area contributed by atoms with Gasteiger partial charge in [-0.2, -0.15) is 0 Å². The summed E-state index contributed by atoms with van der Waals surface area (Å²) in [6.07, 6.45) is 7.64. The van der Waals surface area contributed by atoms with E-state index in [0.29, 0.717) is 17.9 Å². The van der Waals surface area contributed by atoms with E-state index in [9.17, 15) is 16.8 Å². The highest BCUT2D eigenvalue weighted by Crippen LogP contribution is 2.31. The quantitative estimate of drug-likeness (QED) is 0.828. The molecule has 0 atom stereocenters. The van der Waals surface area contributed by atoms with Crippen LogP contribution >= 0.6 is 0 Å². The first kappa shape index (κ1) is 15.7. The van der Waals surface area contributed by atoms with Gasteiger partial charge in [0.25, 0.3) is 0 Å². The molecule has 0 aliphatic carbocycles. The van der Waals surface area contributed by atoms with Crippen molar-refractivity contribution in [2.24, 2.45) is 0 Å². The van der Waals surface area contributed by atoms with E-state index in [4.69, 9.17) is 6.42 Å². The Kier molecular flexibility index (Phi) is 4.16. The Hall–Kier alpha value is -1.72. The number of aryl methyl sites for hydroxylation is 1. The molecule has 1 aliphatic heterocycles. The first-order valence-corrected chi connectivity index (χ1v) is 9.77. The number of fused-ring (bicyclic) bond motifs is 1. The van der Waals surface area contributed by atoms with Gasteiger partial charge in [0, 0.05) is 6.54 Å². The van der Waals surface area contributed by atoms with Crippen LogP contribution < -0.4 is 9.03 Å². The molecule has 0 aromatic heterocycles. The number of terminal acetylenes is 1. The van der Waals surface area contributed by atoms with E-state index in [1.807, 2.05) is 0 Å². The van der Waals surface area contributed by atoms with E-state index in [2.05, 4.69) is 10.6 Å². The van der Waals surface area contributed by atoms with Gasteiger partial charge < -0.3 is 0 Å². The minimum absolute atomic E-state index is 0.305. The minimum atomic E-state index is -3.62. The molecule has 21 heavy (non-hydrogen) atoms. The van der Waals surface area contributed by atoms with Gasteiger partial charge in [-0.25, -0.2) is 16.8 Å². The summed E-state index contributed by atoms with van der Waals surface area (Å²) in [4.78, 5) is 0. The summed E-state index contributed by atoms with van der Waals surface area (Å²) in [6.45, 7) is 0.395. The zero-order valence-corrected chi connectivity index (χ0v) is 13.2. The Morgan fingerprint density at radius 1 is 1.33 bits per heavy atom. The third-order valence-corrected chi connectivity index (χ3v) is 5.38. The molecule has 0 amide bonds. The molecule has 1 aromatic carbocycles. The van der Waals surface area contributed by atoms with E-state index in [1.165, 1.54) is 10.4 Å². The molecule has 1 aliphatic rings. The minimum Gasteiger partial charge on any atom is -0.283 e. The lowest BCUT2D eigenvalue weighted by molar-refractivity contribution is 0.592. The molecule has 0 bridgehead atoms. The summed E-state index contributed by atoms with van der Waals surface area (Å²) >= 11 is 0. The topological polar surface area (TPSA) is 83.6 Å². The molecule has 1 aromatic rings. The summed E-state index contributed by atoms with van der Waals surface area (Å²) in [5.41, 5.74) is 1.70. The Bertz CT molecular complexity index is 792. The van der Waals surface area contributed by atoms with Crippen molar-refractivity contribution in [2.75, 3.05) is 27.6 Å². The molecular formula is C13H16N2O4S2. The van der Waals surface area contributed by atoms with Gasteiger partial charge in [-0.1, -0.05) is 12.0 Å². The monoisotopic (exact) mass is 328 g/mol. The van der Waals surface area contributed by atoms with Gasteiger partial charge >= 0.3 is 0 Å². The fraction of sp³-hybridized carbons (Fsp3) is 0.385. The number of nitrogens with one attached hydrogen (secondary N) is 1. The van der Waals surface area contributed by atoms with Crippen LogP contribution in [-0.4, -0.2) is 35.4 Å². The van der Waals surface area contributed by atoms with Crippen LogP contribution in [-0.2, 0) is 26.5 Å². The first-order chi connectivity index (χ1) is 9.73. The number of anilines is 2. The molecule has 114 valence electrons. The van der Waals surface area contributed by atoms with Gasteiger partial charge in [-0.3, -0.25) is 9.03 Å². The van der Waals surface area contributed by atoms with Crippen LogP contribution in [0.2, 0.25) is 0 Å². The maximum absolute atomic E-state index is 11.8. The summed E-state index contributed by atoms with van der Waals surface area (Å²) in [6, 6.07) is 4.88. The molecule has 1 heterocycles. The van der Waals surface area contributed by atoms with Crippen molar-refractivity contribution in [1.29, 1.82) is 0 Å². The SMILES string of the molecule is C#CCS(=O)(=O)Nc1ccc2c(c1)N(S(C)(=O)=O)CCC2. The fourth-order valence-electron chi connectivity index (χ4n) is 2.27. The maximum atomic E-state index is 11.8. The van der Waals surface area contributed by atoms with Gasteiger partial charge in [0.05, 0.1) is 17.6 Å². The second-order valence-electron chi connectivity index (χ2n) is 4.85. The van der Waals surface area contributed by atoms with Crippen molar-refractivity contribution in [2.45, 2.75) is 12.8 Å². The van der Waals surface area contributed by atoms with E-state index < -0.39 is 25.8 Å². The first-order valence-electron chi connectivity index (χ1n) is 6.27. The van der Waals surface area contributed by atoms with E-state index in [1.54, 1.807) is 12.1 Å². The molecule has 2 rings (SSSR count). The predicted octanol–water partition coefficient (Wildman–Crippen LogP) is 0.774. The number of sulfonamides is 2. The second-order valence-corrected chi connectivity index (χ2v) is 8.48. The Balaban J connectivity index is 2.40. The highest BCUT2D eigenvalue weighted by molar-refractivity contribution is 7.93. The second kappa shape index (κ2) is 5.58. The standard InChI is InChI=1S/C13H16N2O4S2/c1-3-9-21(18,19)14-12-7-6-11-5-4-8-15(13(11)10-12)20(2,16)17/h1,6-7,10,14H,4-5,8-9H2,2H3. The molecule has 8 heteroatoms. The van der Waals surface area contributed by atoms with Crippen LogP contribution in [0.1, 0.15) is 12.0 Å². The van der Waals surface area contributed by atoms with Crippen LogP contribution in [0.5, 0.6) is 0 Å². The van der Waals surface area contributed by atoms with Crippen molar-refractivity contribution < 1.29 is 16.8 Å². The normalized spacial score (nSPS) is 15.1. The molecule has 0 fully saturated rings.